The molecular weight excluding hydrogens is 472 g/mol. The molecule has 1 aliphatic rings. The van der Waals surface area contributed by atoms with E-state index in [1.165, 1.54) is 22.6 Å². The second kappa shape index (κ2) is 10.2. The Balaban J connectivity index is 1.41. The molecule has 2 heterocycles. The van der Waals surface area contributed by atoms with Crippen molar-refractivity contribution in [1.29, 1.82) is 0 Å². The van der Waals surface area contributed by atoms with E-state index in [-0.39, 0.29) is 42.7 Å². The van der Waals surface area contributed by atoms with E-state index in [1.807, 2.05) is 30.3 Å². The molecule has 1 aromatic heterocycles. The molecule has 0 aliphatic carbocycles. The van der Waals surface area contributed by atoms with E-state index < -0.39 is 14.9 Å². The molecule has 1 aliphatic heterocycles. The van der Waals surface area contributed by atoms with Gasteiger partial charge >= 0.3 is 0 Å². The summed E-state index contributed by atoms with van der Waals surface area (Å²) < 4.78 is 33.2. The minimum Gasteiger partial charge on any atom is -0.473 e. The molecule has 0 unspecified atom stereocenters. The van der Waals surface area contributed by atoms with Crippen LogP contribution in [0.1, 0.15) is 21.5 Å². The fraction of sp³-hybridized carbons (Fsp3) is 0.250. The third kappa shape index (κ3) is 5.47. The van der Waals surface area contributed by atoms with Crippen molar-refractivity contribution < 1.29 is 22.9 Å². The van der Waals surface area contributed by atoms with E-state index in [2.05, 4.69) is 4.98 Å². The lowest BCUT2D eigenvalue weighted by Crippen LogP contribution is -2.50. The molecule has 10 nitrogen and oxygen atoms in total. The lowest BCUT2D eigenvalue weighted by Gasteiger charge is -2.34. The zero-order valence-electron chi connectivity index (χ0n) is 19.0. The first-order valence-electron chi connectivity index (χ1n) is 10.9. The number of nitro benzene ring substituents is 1. The normalized spacial score (nSPS) is 14.5. The predicted molar refractivity (Wildman–Crippen MR) is 128 cm³/mol. The molecule has 1 amide bonds. The number of benzene rings is 2. The van der Waals surface area contributed by atoms with Crippen molar-refractivity contribution in [3.8, 4) is 5.88 Å². The summed E-state index contributed by atoms with van der Waals surface area (Å²) in [5.41, 5.74) is 1.51. The fourth-order valence-corrected chi connectivity index (χ4v) is 5.45. The van der Waals surface area contributed by atoms with Crippen LogP contribution < -0.4 is 4.74 Å². The van der Waals surface area contributed by atoms with Crippen LogP contribution in [-0.2, 0) is 16.6 Å². The second-order valence-corrected chi connectivity index (χ2v) is 9.97. The van der Waals surface area contributed by atoms with Crippen LogP contribution in [-0.4, -0.2) is 59.6 Å². The van der Waals surface area contributed by atoms with Gasteiger partial charge in [0, 0.05) is 56.1 Å². The lowest BCUT2D eigenvalue weighted by atomic mass is 10.2. The molecule has 0 saturated carbocycles. The van der Waals surface area contributed by atoms with E-state index >= 15 is 0 Å². The van der Waals surface area contributed by atoms with Crippen molar-refractivity contribution in [2.45, 2.75) is 18.4 Å². The Labute approximate surface area is 203 Å². The summed E-state index contributed by atoms with van der Waals surface area (Å²) in [6.45, 7) is 2.46. The summed E-state index contributed by atoms with van der Waals surface area (Å²) >= 11 is 0. The van der Waals surface area contributed by atoms with Gasteiger partial charge < -0.3 is 9.64 Å². The Bertz CT molecular complexity index is 1340. The van der Waals surface area contributed by atoms with Crippen molar-refractivity contribution in [3.63, 3.8) is 0 Å². The van der Waals surface area contributed by atoms with Crippen LogP contribution in [0.25, 0.3) is 0 Å². The van der Waals surface area contributed by atoms with Crippen LogP contribution in [0.4, 0.5) is 5.69 Å². The third-order valence-electron chi connectivity index (χ3n) is 5.74. The van der Waals surface area contributed by atoms with E-state index in [9.17, 15) is 23.3 Å². The average molecular weight is 497 g/mol. The summed E-state index contributed by atoms with van der Waals surface area (Å²) in [7, 11) is -3.94. The van der Waals surface area contributed by atoms with Gasteiger partial charge in [0.05, 0.1) is 9.82 Å². The van der Waals surface area contributed by atoms with Gasteiger partial charge in [-0.2, -0.15) is 4.31 Å². The molecule has 182 valence electrons. The predicted octanol–water partition coefficient (Wildman–Crippen LogP) is 3.02. The number of piperazine rings is 1. The highest BCUT2D eigenvalue weighted by atomic mass is 32.2. The topological polar surface area (TPSA) is 123 Å². The summed E-state index contributed by atoms with van der Waals surface area (Å²) in [4.78, 5) is 29.1. The molecule has 1 saturated heterocycles. The molecule has 35 heavy (non-hydrogen) atoms. The number of aromatic nitrogens is 1. The Morgan fingerprint density at radius 2 is 1.77 bits per heavy atom. The number of sulfonamides is 1. The highest BCUT2D eigenvalue weighted by molar-refractivity contribution is 7.89. The SMILES string of the molecule is Cc1ccc([N+](=O)[O-])cc1S(=O)(=O)N1CCN(C(=O)c2ccnc(OCc3ccccc3)c2)CC1. The maximum Gasteiger partial charge on any atom is 0.270 e. The molecule has 0 atom stereocenters. The van der Waals surface area contributed by atoms with Crippen molar-refractivity contribution >= 4 is 21.6 Å². The number of carbonyl (C=O) groups is 1. The van der Waals surface area contributed by atoms with Gasteiger partial charge in [-0.05, 0) is 24.1 Å². The Hall–Kier alpha value is -3.83. The van der Waals surface area contributed by atoms with Crippen LogP contribution in [0, 0.1) is 17.0 Å². The number of pyridine rings is 1. The van der Waals surface area contributed by atoms with Crippen LogP contribution in [0.2, 0.25) is 0 Å². The monoisotopic (exact) mass is 496 g/mol. The van der Waals surface area contributed by atoms with Gasteiger partial charge in [0.2, 0.25) is 15.9 Å². The minimum atomic E-state index is -3.94. The Kier molecular flexibility index (Phi) is 7.08. The second-order valence-electron chi connectivity index (χ2n) is 8.06. The summed E-state index contributed by atoms with van der Waals surface area (Å²) in [5, 5.41) is 11.1. The Morgan fingerprint density at radius 3 is 2.46 bits per heavy atom. The van der Waals surface area contributed by atoms with Crippen molar-refractivity contribution in [2.75, 3.05) is 26.2 Å². The third-order valence-corrected chi connectivity index (χ3v) is 7.78. The summed E-state index contributed by atoms with van der Waals surface area (Å²) in [6, 6.07) is 16.5. The van der Waals surface area contributed by atoms with Crippen LogP contribution in [0.3, 0.4) is 0 Å². The molecule has 3 aromatic rings. The minimum absolute atomic E-state index is 0.0820. The highest BCUT2D eigenvalue weighted by Gasteiger charge is 2.32. The van der Waals surface area contributed by atoms with Crippen LogP contribution in [0.15, 0.2) is 71.8 Å². The Morgan fingerprint density at radius 1 is 1.06 bits per heavy atom. The number of hydrogen-bond donors (Lipinski definition) is 0. The smallest absolute Gasteiger partial charge is 0.270 e. The van der Waals surface area contributed by atoms with Gasteiger partial charge in [0.25, 0.3) is 11.6 Å². The number of hydrogen-bond acceptors (Lipinski definition) is 7. The standard InChI is InChI=1S/C24H24N4O6S/c1-18-7-8-21(28(30)31)16-22(18)35(32,33)27-13-11-26(12-14-27)24(29)20-9-10-25-23(15-20)34-17-19-5-3-2-4-6-19/h2-10,15-16H,11-14,17H2,1H3. The van der Waals surface area contributed by atoms with Crippen molar-refractivity contribution in [2.24, 2.45) is 0 Å². The number of carbonyl (C=O) groups excluding carboxylic acids is 1. The molecular formula is C24H24N4O6S. The molecule has 1 fully saturated rings. The van der Waals surface area contributed by atoms with Crippen LogP contribution in [0.5, 0.6) is 5.88 Å². The zero-order chi connectivity index (χ0) is 25.0. The van der Waals surface area contributed by atoms with E-state index in [4.69, 9.17) is 4.74 Å². The maximum absolute atomic E-state index is 13.1. The molecule has 0 radical (unpaired) electrons. The number of nitro groups is 1. The first-order valence-corrected chi connectivity index (χ1v) is 12.4. The van der Waals surface area contributed by atoms with E-state index in [1.54, 1.807) is 24.0 Å². The molecule has 11 heteroatoms. The average Bonchev–Trinajstić information content (AvgIpc) is 2.88. The molecule has 0 spiro atoms. The van der Waals surface area contributed by atoms with Gasteiger partial charge in [0.15, 0.2) is 0 Å². The van der Waals surface area contributed by atoms with Gasteiger partial charge in [-0.25, -0.2) is 13.4 Å². The summed E-state index contributed by atoms with van der Waals surface area (Å²) in [5.74, 6) is 0.0719. The number of rotatable bonds is 7. The summed E-state index contributed by atoms with van der Waals surface area (Å²) in [6.07, 6.45) is 1.50. The molecule has 0 bridgehead atoms. The van der Waals surface area contributed by atoms with E-state index in [0.29, 0.717) is 23.6 Å². The van der Waals surface area contributed by atoms with Crippen molar-refractivity contribution in [1.82, 2.24) is 14.2 Å². The van der Waals surface area contributed by atoms with Crippen LogP contribution >= 0.6 is 0 Å². The molecule has 2 aromatic carbocycles. The highest BCUT2D eigenvalue weighted by Crippen LogP contribution is 2.26. The number of nitrogens with zero attached hydrogens (tertiary/aromatic N) is 4. The molecule has 4 rings (SSSR count). The fourth-order valence-electron chi connectivity index (χ4n) is 3.79. The number of amides is 1. The largest absolute Gasteiger partial charge is 0.473 e. The van der Waals surface area contributed by atoms with Crippen molar-refractivity contribution in [3.05, 3.63) is 93.7 Å². The quantitative estimate of drug-likeness (QED) is 0.364. The first kappa shape index (κ1) is 24.3. The van der Waals surface area contributed by atoms with Gasteiger partial charge in [-0.3, -0.25) is 14.9 Å². The van der Waals surface area contributed by atoms with Gasteiger partial charge in [-0.1, -0.05) is 36.4 Å². The van der Waals surface area contributed by atoms with E-state index in [0.717, 1.165) is 11.6 Å². The van der Waals surface area contributed by atoms with Gasteiger partial charge in [0.1, 0.15) is 6.61 Å². The first-order chi connectivity index (χ1) is 16.8. The maximum atomic E-state index is 13.1. The lowest BCUT2D eigenvalue weighted by molar-refractivity contribution is -0.385. The molecule has 0 N–H and O–H groups in total. The van der Waals surface area contributed by atoms with Gasteiger partial charge in [-0.15, -0.1) is 0 Å². The number of aryl methyl sites for hydroxylation is 1. The zero-order valence-corrected chi connectivity index (χ0v) is 19.8. The number of non-ortho nitro benzene ring substituents is 1. The number of ether oxygens (including phenoxy) is 1.